The summed E-state index contributed by atoms with van der Waals surface area (Å²) in [5.41, 5.74) is 0.957. The first-order valence-corrected chi connectivity index (χ1v) is 9.69. The Hall–Kier alpha value is -3.26. The Morgan fingerprint density at radius 1 is 1.24 bits per heavy atom. The number of H-pyrrole nitrogens is 1. The zero-order valence-corrected chi connectivity index (χ0v) is 16.3. The molecule has 3 heterocycles. The van der Waals surface area contributed by atoms with Gasteiger partial charge in [0.25, 0.3) is 5.91 Å². The molecule has 9 heteroatoms. The molecule has 0 bridgehead atoms. The first-order valence-electron chi connectivity index (χ1n) is 9.32. The van der Waals surface area contributed by atoms with Crippen molar-refractivity contribution in [2.45, 2.75) is 25.3 Å². The number of nitrogens with one attached hydrogen (secondary N) is 1. The van der Waals surface area contributed by atoms with Crippen molar-refractivity contribution < 1.29 is 4.79 Å². The Morgan fingerprint density at radius 2 is 2.07 bits per heavy atom. The molecule has 8 nitrogen and oxygen atoms in total. The van der Waals surface area contributed by atoms with Crippen molar-refractivity contribution in [3.05, 3.63) is 81.0 Å². The highest BCUT2D eigenvalue weighted by Crippen LogP contribution is 2.31. The van der Waals surface area contributed by atoms with Gasteiger partial charge in [-0.1, -0.05) is 29.8 Å². The van der Waals surface area contributed by atoms with Crippen LogP contribution in [0.4, 0.5) is 0 Å². The number of halogens is 1. The van der Waals surface area contributed by atoms with Crippen LogP contribution in [0.2, 0.25) is 5.02 Å². The standard InChI is InChI=1S/C20H19ClN6O2/c21-16-8-6-14(7-9-16)12-23-27-20(29)18(24-25-27)19(28)26-11-2-1-5-17(26)15-4-3-10-22-13-15/h3-4,6-10,12-13,17,25H,1-2,5,11H2. The molecular formula is C20H19ClN6O2. The lowest BCUT2D eigenvalue weighted by atomic mass is 9.96. The van der Waals surface area contributed by atoms with E-state index >= 15 is 0 Å². The van der Waals surface area contributed by atoms with Gasteiger partial charge in [-0.2, -0.15) is 10.3 Å². The molecule has 0 radical (unpaired) electrons. The number of carbonyl (C=O) groups is 1. The van der Waals surface area contributed by atoms with Crippen molar-refractivity contribution in [2.24, 2.45) is 5.10 Å². The van der Waals surface area contributed by atoms with E-state index in [1.807, 2.05) is 12.1 Å². The van der Waals surface area contributed by atoms with Gasteiger partial charge in [0.2, 0.25) is 5.69 Å². The Morgan fingerprint density at radius 3 is 2.83 bits per heavy atom. The number of hydrogen-bond acceptors (Lipinski definition) is 5. The van der Waals surface area contributed by atoms with Crippen LogP contribution in [-0.4, -0.2) is 43.7 Å². The predicted molar refractivity (Wildman–Crippen MR) is 109 cm³/mol. The zero-order valence-electron chi connectivity index (χ0n) is 15.5. The van der Waals surface area contributed by atoms with Gasteiger partial charge in [0.05, 0.1) is 12.3 Å². The number of hydrogen-bond donors (Lipinski definition) is 1. The van der Waals surface area contributed by atoms with Gasteiger partial charge in [-0.3, -0.25) is 14.6 Å². The third-order valence-corrected chi connectivity index (χ3v) is 5.13. The van der Waals surface area contributed by atoms with Gasteiger partial charge >= 0.3 is 5.56 Å². The maximum atomic E-state index is 13.1. The average Bonchev–Trinajstić information content (AvgIpc) is 3.14. The van der Waals surface area contributed by atoms with Crippen molar-refractivity contribution in [2.75, 3.05) is 6.54 Å². The molecular weight excluding hydrogens is 392 g/mol. The first-order chi connectivity index (χ1) is 14.1. The molecule has 1 unspecified atom stereocenters. The summed E-state index contributed by atoms with van der Waals surface area (Å²) in [6.45, 7) is 0.568. The van der Waals surface area contributed by atoms with Crippen LogP contribution < -0.4 is 5.56 Å². The maximum Gasteiger partial charge on any atom is 0.320 e. The summed E-state index contributed by atoms with van der Waals surface area (Å²) in [7, 11) is 0. The molecule has 1 amide bonds. The molecule has 1 aromatic carbocycles. The van der Waals surface area contributed by atoms with Crippen molar-refractivity contribution in [1.29, 1.82) is 0 Å². The lowest BCUT2D eigenvalue weighted by Crippen LogP contribution is -2.40. The van der Waals surface area contributed by atoms with Crippen LogP contribution in [0.5, 0.6) is 0 Å². The Kier molecular flexibility index (Phi) is 5.53. The van der Waals surface area contributed by atoms with Crippen LogP contribution in [0.25, 0.3) is 0 Å². The molecule has 0 spiro atoms. The fourth-order valence-corrected chi connectivity index (χ4v) is 3.54. The third kappa shape index (κ3) is 4.12. The zero-order chi connectivity index (χ0) is 20.2. The van der Waals surface area contributed by atoms with Gasteiger partial charge in [-0.05, 0) is 48.6 Å². The van der Waals surface area contributed by atoms with Crippen LogP contribution in [0, 0.1) is 0 Å². The quantitative estimate of drug-likeness (QED) is 0.669. The van der Waals surface area contributed by atoms with E-state index in [0.717, 1.165) is 35.2 Å². The summed E-state index contributed by atoms with van der Waals surface area (Å²) in [5.74, 6) is -0.403. The number of pyridine rings is 1. The van der Waals surface area contributed by atoms with E-state index < -0.39 is 11.5 Å². The molecule has 0 aliphatic carbocycles. The van der Waals surface area contributed by atoms with Crippen LogP contribution in [0.3, 0.4) is 0 Å². The monoisotopic (exact) mass is 410 g/mol. The van der Waals surface area contributed by atoms with E-state index in [1.165, 1.54) is 6.21 Å². The third-order valence-electron chi connectivity index (χ3n) is 4.88. The fraction of sp³-hybridized carbons (Fsp3) is 0.250. The van der Waals surface area contributed by atoms with Crippen LogP contribution in [0.15, 0.2) is 58.7 Å². The van der Waals surface area contributed by atoms with Crippen molar-refractivity contribution in [3.63, 3.8) is 0 Å². The van der Waals surface area contributed by atoms with Crippen LogP contribution >= 0.6 is 11.6 Å². The minimum absolute atomic E-state index is 0.118. The molecule has 3 aromatic rings. The van der Waals surface area contributed by atoms with Crippen LogP contribution in [0.1, 0.15) is 46.9 Å². The molecule has 1 aliphatic heterocycles. The lowest BCUT2D eigenvalue weighted by molar-refractivity contribution is 0.0603. The fourth-order valence-electron chi connectivity index (χ4n) is 3.41. The summed E-state index contributed by atoms with van der Waals surface area (Å²) < 4.78 is 0. The van der Waals surface area contributed by atoms with Crippen molar-refractivity contribution >= 4 is 23.7 Å². The molecule has 1 aliphatic rings. The number of carbonyl (C=O) groups excluding carboxylic acids is 1. The second kappa shape index (κ2) is 8.40. The summed E-state index contributed by atoms with van der Waals surface area (Å²) in [6.07, 6.45) is 7.67. The van der Waals surface area contributed by atoms with Gasteiger partial charge in [-0.25, -0.2) is 0 Å². The largest absolute Gasteiger partial charge is 0.330 e. The highest BCUT2D eigenvalue weighted by atomic mass is 35.5. The predicted octanol–water partition coefficient (Wildman–Crippen LogP) is 2.87. The second-order valence-corrected chi connectivity index (χ2v) is 7.21. The Labute approximate surface area is 171 Å². The number of rotatable bonds is 4. The van der Waals surface area contributed by atoms with Gasteiger partial charge in [0.1, 0.15) is 0 Å². The highest BCUT2D eigenvalue weighted by Gasteiger charge is 2.31. The summed E-state index contributed by atoms with van der Waals surface area (Å²) >= 11 is 5.86. The Balaban J connectivity index is 1.57. The number of piperidine rings is 1. The van der Waals surface area contributed by atoms with Gasteiger partial charge in [0, 0.05) is 24.0 Å². The molecule has 0 saturated carbocycles. The number of aromatic nitrogens is 4. The van der Waals surface area contributed by atoms with Crippen molar-refractivity contribution in [3.8, 4) is 0 Å². The maximum absolute atomic E-state index is 13.1. The average molecular weight is 411 g/mol. The number of benzene rings is 1. The van der Waals surface area contributed by atoms with E-state index in [-0.39, 0.29) is 11.7 Å². The minimum atomic E-state index is -0.587. The number of amides is 1. The van der Waals surface area contributed by atoms with E-state index in [4.69, 9.17) is 11.6 Å². The van der Waals surface area contributed by atoms with Crippen molar-refractivity contribution in [1.82, 2.24) is 25.0 Å². The highest BCUT2D eigenvalue weighted by molar-refractivity contribution is 6.30. The smallest absolute Gasteiger partial charge is 0.320 e. The van der Waals surface area contributed by atoms with Gasteiger partial charge in [-0.15, -0.1) is 9.89 Å². The summed E-state index contributed by atoms with van der Waals surface area (Å²) in [6, 6.07) is 10.7. The Bertz CT molecular complexity index is 1070. The number of aromatic amines is 1. The molecule has 29 heavy (non-hydrogen) atoms. The van der Waals surface area contributed by atoms with E-state index in [9.17, 15) is 9.59 Å². The SMILES string of the molecule is O=C(c1n[nH]n(N=Cc2ccc(Cl)cc2)c1=O)N1CCCCC1c1cccnc1. The van der Waals surface area contributed by atoms with Gasteiger partial charge < -0.3 is 4.90 Å². The second-order valence-electron chi connectivity index (χ2n) is 6.77. The molecule has 1 N–H and O–H groups in total. The molecule has 2 aromatic heterocycles. The summed E-state index contributed by atoms with van der Waals surface area (Å²) in [4.78, 5) is 32.5. The number of likely N-dealkylation sites (tertiary alicyclic amines) is 1. The van der Waals surface area contributed by atoms with E-state index in [2.05, 4.69) is 20.4 Å². The molecule has 1 fully saturated rings. The molecule has 1 atom stereocenters. The lowest BCUT2D eigenvalue weighted by Gasteiger charge is -2.35. The topological polar surface area (TPSA) is 96.2 Å². The first kappa shape index (κ1) is 19.1. The van der Waals surface area contributed by atoms with E-state index in [1.54, 1.807) is 41.6 Å². The van der Waals surface area contributed by atoms with Crippen LogP contribution in [-0.2, 0) is 0 Å². The molecule has 4 rings (SSSR count). The van der Waals surface area contributed by atoms with E-state index in [0.29, 0.717) is 11.6 Å². The molecule has 148 valence electrons. The number of nitrogens with zero attached hydrogens (tertiary/aromatic N) is 5. The van der Waals surface area contributed by atoms with Gasteiger partial charge in [0.15, 0.2) is 0 Å². The normalized spacial score (nSPS) is 17.0. The molecule has 1 saturated heterocycles. The summed E-state index contributed by atoms with van der Waals surface area (Å²) in [5, 5.41) is 11.1. The minimum Gasteiger partial charge on any atom is -0.330 e.